The van der Waals surface area contributed by atoms with Crippen LogP contribution in [0.1, 0.15) is 75.8 Å². The molecule has 2 heterocycles. The third kappa shape index (κ3) is 9.85. The second-order valence-electron chi connectivity index (χ2n) is 16.7. The number of piperazine rings is 2. The predicted molar refractivity (Wildman–Crippen MR) is 260 cm³/mol. The molecule has 0 bridgehead atoms. The van der Waals surface area contributed by atoms with Gasteiger partial charge in [0.05, 0.1) is 34.6 Å². The fourth-order valence-corrected chi connectivity index (χ4v) is 9.20. The van der Waals surface area contributed by atoms with E-state index in [0.717, 1.165) is 0 Å². The number of amides is 4. The van der Waals surface area contributed by atoms with Crippen LogP contribution in [0.2, 0.25) is 0 Å². The van der Waals surface area contributed by atoms with Gasteiger partial charge in [-0.2, -0.15) is 0 Å². The van der Waals surface area contributed by atoms with Crippen molar-refractivity contribution in [3.05, 3.63) is 239 Å². The van der Waals surface area contributed by atoms with Crippen molar-refractivity contribution >= 4 is 35.0 Å². The Kier molecular flexibility index (Phi) is 13.5. The highest BCUT2D eigenvalue weighted by molar-refractivity contribution is 6.11. The Bertz CT molecular complexity index is 2480. The van der Waals surface area contributed by atoms with Crippen molar-refractivity contribution in [2.75, 3.05) is 63.0 Å². The zero-order chi connectivity index (χ0) is 45.2. The first kappa shape index (κ1) is 43.6. The Labute approximate surface area is 386 Å². The molecule has 0 aliphatic carbocycles. The number of anilines is 2. The van der Waals surface area contributed by atoms with Gasteiger partial charge in [-0.1, -0.05) is 146 Å². The summed E-state index contributed by atoms with van der Waals surface area (Å²) in [5, 5.41) is 5.88. The Balaban J connectivity index is 0.809. The third-order valence-electron chi connectivity index (χ3n) is 12.6. The largest absolute Gasteiger partial charge is 0.336 e. The Morgan fingerprint density at radius 3 is 0.909 bits per heavy atom. The lowest BCUT2D eigenvalue weighted by molar-refractivity contribution is 0.0592. The molecule has 0 spiro atoms. The number of nitrogens with one attached hydrogen (secondary N) is 2. The van der Waals surface area contributed by atoms with Crippen molar-refractivity contribution in [3.63, 3.8) is 0 Å². The van der Waals surface area contributed by atoms with Gasteiger partial charge in [0.25, 0.3) is 23.6 Å². The van der Waals surface area contributed by atoms with Crippen LogP contribution in [0.4, 0.5) is 11.4 Å². The zero-order valence-electron chi connectivity index (χ0n) is 36.7. The molecule has 2 N–H and O–H groups in total. The second-order valence-corrected chi connectivity index (χ2v) is 16.7. The van der Waals surface area contributed by atoms with E-state index in [0.29, 0.717) is 86.0 Å². The third-order valence-corrected chi connectivity index (χ3v) is 12.6. The first-order valence-electron chi connectivity index (χ1n) is 22.6. The van der Waals surface area contributed by atoms with Gasteiger partial charge < -0.3 is 20.4 Å². The lowest BCUT2D eigenvalue weighted by Gasteiger charge is -2.40. The van der Waals surface area contributed by atoms with Gasteiger partial charge in [0.2, 0.25) is 0 Å². The molecule has 0 aromatic heterocycles. The molecule has 0 radical (unpaired) electrons. The molecule has 2 aliphatic rings. The molecule has 10 nitrogen and oxygen atoms in total. The summed E-state index contributed by atoms with van der Waals surface area (Å²) in [6.45, 7) is 4.95. The first-order valence-corrected chi connectivity index (χ1v) is 22.6. The van der Waals surface area contributed by atoms with E-state index in [1.165, 1.54) is 22.3 Å². The molecule has 66 heavy (non-hydrogen) atoms. The van der Waals surface area contributed by atoms with Crippen LogP contribution >= 0.6 is 0 Å². The summed E-state index contributed by atoms with van der Waals surface area (Å²) in [5.41, 5.74) is 7.14. The van der Waals surface area contributed by atoms with Gasteiger partial charge >= 0.3 is 0 Å². The van der Waals surface area contributed by atoms with E-state index in [4.69, 9.17) is 0 Å². The Morgan fingerprint density at radius 2 is 0.606 bits per heavy atom. The van der Waals surface area contributed by atoms with Crippen molar-refractivity contribution in [2.24, 2.45) is 0 Å². The molecular weight excluding hydrogens is 821 g/mol. The van der Waals surface area contributed by atoms with Gasteiger partial charge in [-0.25, -0.2) is 0 Å². The maximum absolute atomic E-state index is 14.0. The number of para-hydroxylation sites is 2. The van der Waals surface area contributed by atoms with Gasteiger partial charge in [0.15, 0.2) is 0 Å². The maximum atomic E-state index is 14.0. The Morgan fingerprint density at radius 1 is 0.333 bits per heavy atom. The highest BCUT2D eigenvalue weighted by atomic mass is 16.2. The van der Waals surface area contributed by atoms with Crippen LogP contribution in [0.25, 0.3) is 0 Å². The molecule has 10 heteroatoms. The lowest BCUT2D eigenvalue weighted by atomic mass is 9.96. The van der Waals surface area contributed by atoms with Gasteiger partial charge in [-0.3, -0.25) is 29.0 Å². The van der Waals surface area contributed by atoms with Gasteiger partial charge in [-0.15, -0.1) is 0 Å². The summed E-state index contributed by atoms with van der Waals surface area (Å²) in [5.74, 6) is -1.10. The monoisotopic (exact) mass is 872 g/mol. The molecule has 330 valence electrons. The van der Waals surface area contributed by atoms with E-state index in [2.05, 4.69) is 117 Å². The number of benzene rings is 7. The molecule has 0 atom stereocenters. The minimum atomic E-state index is -0.407. The second kappa shape index (κ2) is 20.5. The summed E-state index contributed by atoms with van der Waals surface area (Å²) < 4.78 is 0. The molecule has 4 amide bonds. The average Bonchev–Trinajstić information content (AvgIpc) is 3.38. The van der Waals surface area contributed by atoms with Crippen molar-refractivity contribution in [2.45, 2.75) is 12.1 Å². The zero-order valence-corrected chi connectivity index (χ0v) is 36.7. The molecular formula is C56H52N6O4. The van der Waals surface area contributed by atoms with Crippen molar-refractivity contribution in [1.29, 1.82) is 0 Å². The van der Waals surface area contributed by atoms with Gasteiger partial charge in [0, 0.05) is 63.5 Å². The van der Waals surface area contributed by atoms with E-state index in [-0.39, 0.29) is 23.9 Å². The Hall–Kier alpha value is -7.66. The molecule has 9 rings (SSSR count). The number of hydrogen-bond donors (Lipinski definition) is 2. The summed E-state index contributed by atoms with van der Waals surface area (Å²) in [6.07, 6.45) is 0. The van der Waals surface area contributed by atoms with Crippen LogP contribution < -0.4 is 10.6 Å². The summed E-state index contributed by atoms with van der Waals surface area (Å²) in [7, 11) is 0. The minimum absolute atomic E-state index is 0.0749. The predicted octanol–water partition coefficient (Wildman–Crippen LogP) is 9.29. The fourth-order valence-electron chi connectivity index (χ4n) is 9.20. The average molecular weight is 873 g/mol. The van der Waals surface area contributed by atoms with Crippen molar-refractivity contribution in [1.82, 2.24) is 19.6 Å². The summed E-state index contributed by atoms with van der Waals surface area (Å²) >= 11 is 0. The van der Waals surface area contributed by atoms with Gasteiger partial charge in [-0.05, 0) is 70.8 Å². The van der Waals surface area contributed by atoms with Crippen LogP contribution in [0, 0.1) is 0 Å². The number of carbonyl (C=O) groups is 4. The van der Waals surface area contributed by atoms with E-state index >= 15 is 0 Å². The number of carbonyl (C=O) groups excluding carboxylic acids is 4. The van der Waals surface area contributed by atoms with Crippen molar-refractivity contribution in [3.8, 4) is 0 Å². The molecule has 7 aromatic carbocycles. The molecule has 0 unspecified atom stereocenters. The van der Waals surface area contributed by atoms with E-state index in [1.54, 1.807) is 72.8 Å². The quantitative estimate of drug-likeness (QED) is 0.127. The molecule has 2 saturated heterocycles. The van der Waals surface area contributed by atoms with Gasteiger partial charge in [0.1, 0.15) is 0 Å². The van der Waals surface area contributed by atoms with E-state index in [1.807, 2.05) is 34.1 Å². The first-order chi connectivity index (χ1) is 32.4. The van der Waals surface area contributed by atoms with Crippen LogP contribution in [0.3, 0.4) is 0 Å². The normalized spacial score (nSPS) is 14.5. The molecule has 2 aliphatic heterocycles. The highest BCUT2D eigenvalue weighted by Gasteiger charge is 2.31. The standard InChI is InChI=1S/C56H52N6O4/c63-53(57-49-27-15-13-25-47(49)55(65)61-37-33-59(34-38-61)51(41-17-5-1-6-18-41)42-19-7-2-8-20-42)45-29-31-46(32-30-45)54(64)58-50-28-16-14-26-48(50)56(66)62-39-35-60(36-40-62)52(43-21-9-3-10-22-43)44-23-11-4-12-24-44/h1-32,51-52H,33-40H2,(H,57,63)(H,58,64). The lowest BCUT2D eigenvalue weighted by Crippen LogP contribution is -2.50. The summed E-state index contributed by atoms with van der Waals surface area (Å²) in [4.78, 5) is 63.8. The van der Waals surface area contributed by atoms with Crippen LogP contribution in [-0.2, 0) is 0 Å². The van der Waals surface area contributed by atoms with Crippen LogP contribution in [0.5, 0.6) is 0 Å². The molecule has 2 fully saturated rings. The van der Waals surface area contributed by atoms with Crippen molar-refractivity contribution < 1.29 is 19.2 Å². The highest BCUT2D eigenvalue weighted by Crippen LogP contribution is 2.32. The topological polar surface area (TPSA) is 105 Å². The molecule has 0 saturated carbocycles. The van der Waals surface area contributed by atoms with E-state index in [9.17, 15) is 19.2 Å². The minimum Gasteiger partial charge on any atom is -0.336 e. The summed E-state index contributed by atoms with van der Waals surface area (Å²) in [6, 6.07) is 62.4. The smallest absolute Gasteiger partial charge is 0.256 e. The number of hydrogen-bond acceptors (Lipinski definition) is 6. The van der Waals surface area contributed by atoms with Crippen LogP contribution in [0.15, 0.2) is 194 Å². The number of nitrogens with zero attached hydrogens (tertiary/aromatic N) is 4. The fraction of sp³-hybridized carbons (Fsp3) is 0.179. The van der Waals surface area contributed by atoms with Crippen LogP contribution in [-0.4, -0.2) is 95.6 Å². The maximum Gasteiger partial charge on any atom is 0.256 e. The molecule has 7 aromatic rings. The number of rotatable bonds is 12. The SMILES string of the molecule is O=C(Nc1ccccc1C(=O)N1CCN(C(c2ccccc2)c2ccccc2)CC1)c1ccc(C(=O)Nc2ccccc2C(=O)N2CCN(C(c3ccccc3)c3ccccc3)CC2)cc1. The van der Waals surface area contributed by atoms with E-state index < -0.39 is 11.8 Å².